The summed E-state index contributed by atoms with van der Waals surface area (Å²) in [4.78, 5) is 47.5. The van der Waals surface area contributed by atoms with Gasteiger partial charge in [0.25, 0.3) is 11.5 Å². The van der Waals surface area contributed by atoms with Crippen LogP contribution in [0.15, 0.2) is 35.5 Å². The number of rotatable bonds is 3. The topological polar surface area (TPSA) is 113 Å². The zero-order chi connectivity index (χ0) is 23.2. The largest absolute Gasteiger partial charge is 0.338 e. The molecule has 2 aliphatic rings. The maximum Gasteiger partial charge on any atom is 0.281 e. The Labute approximate surface area is 198 Å². The zero-order valence-corrected chi connectivity index (χ0v) is 19.4. The van der Waals surface area contributed by atoms with Gasteiger partial charge in [0.15, 0.2) is 0 Å². The van der Waals surface area contributed by atoms with E-state index in [9.17, 15) is 14.4 Å². The van der Waals surface area contributed by atoms with Gasteiger partial charge in [0.05, 0.1) is 23.0 Å². The van der Waals surface area contributed by atoms with E-state index in [0.717, 1.165) is 53.4 Å². The van der Waals surface area contributed by atoms with Gasteiger partial charge in [0.1, 0.15) is 11.2 Å². The van der Waals surface area contributed by atoms with Crippen molar-refractivity contribution >= 4 is 44.3 Å². The lowest BCUT2D eigenvalue weighted by Crippen LogP contribution is -2.46. The minimum Gasteiger partial charge on any atom is -0.338 e. The van der Waals surface area contributed by atoms with Crippen LogP contribution in [0.1, 0.15) is 46.5 Å². The number of piperidine rings is 1. The van der Waals surface area contributed by atoms with Gasteiger partial charge >= 0.3 is 0 Å². The van der Waals surface area contributed by atoms with Gasteiger partial charge in [-0.15, -0.1) is 11.3 Å². The maximum absolute atomic E-state index is 13.2. The number of carbonyl (C=O) groups is 2. The van der Waals surface area contributed by atoms with E-state index in [4.69, 9.17) is 0 Å². The predicted octanol–water partition coefficient (Wildman–Crippen LogP) is 2.84. The maximum atomic E-state index is 13.2. The van der Waals surface area contributed by atoms with Gasteiger partial charge in [-0.2, -0.15) is 5.10 Å². The monoisotopic (exact) mass is 476 g/mol. The number of likely N-dealkylation sites (tertiary alicyclic amines) is 1. The summed E-state index contributed by atoms with van der Waals surface area (Å²) in [6.07, 6.45) is 8.55. The molecule has 34 heavy (non-hydrogen) atoms. The Morgan fingerprint density at radius 3 is 2.97 bits per heavy atom. The number of hydrogen-bond acceptors (Lipinski definition) is 6. The molecular formula is C24H24N6O3S. The molecule has 6 rings (SSSR count). The average molecular weight is 477 g/mol. The third kappa shape index (κ3) is 3.58. The molecule has 1 atom stereocenters. The Balaban J connectivity index is 1.20. The van der Waals surface area contributed by atoms with E-state index in [1.54, 1.807) is 28.5 Å². The number of aryl methyl sites for hydroxylation is 2. The first-order valence-corrected chi connectivity index (χ1v) is 12.5. The second-order valence-electron chi connectivity index (χ2n) is 9.05. The molecule has 1 unspecified atom stereocenters. The smallest absolute Gasteiger partial charge is 0.281 e. The van der Waals surface area contributed by atoms with Crippen LogP contribution in [0.25, 0.3) is 21.1 Å². The number of fused-ring (bicyclic) bond motifs is 4. The lowest BCUT2D eigenvalue weighted by atomic mass is 9.96. The van der Waals surface area contributed by atoms with Crippen molar-refractivity contribution in [3.63, 3.8) is 0 Å². The van der Waals surface area contributed by atoms with Gasteiger partial charge in [-0.3, -0.25) is 24.9 Å². The van der Waals surface area contributed by atoms with E-state index in [2.05, 4.69) is 20.6 Å². The number of H-pyrrole nitrogens is 1. The molecule has 2 amide bonds. The molecule has 2 N–H and O–H groups in total. The van der Waals surface area contributed by atoms with Crippen molar-refractivity contribution in [2.45, 2.75) is 38.5 Å². The van der Waals surface area contributed by atoms with E-state index in [0.29, 0.717) is 30.5 Å². The number of aromatic nitrogens is 4. The lowest BCUT2D eigenvalue weighted by Gasteiger charge is -2.32. The fourth-order valence-electron chi connectivity index (χ4n) is 5.07. The highest BCUT2D eigenvalue weighted by Gasteiger charge is 2.30. The Kier molecular flexibility index (Phi) is 5.17. The number of benzene rings is 1. The molecule has 0 radical (unpaired) electrons. The van der Waals surface area contributed by atoms with Crippen LogP contribution >= 0.6 is 11.3 Å². The van der Waals surface area contributed by atoms with Crippen molar-refractivity contribution in [2.75, 3.05) is 18.5 Å². The van der Waals surface area contributed by atoms with Crippen LogP contribution in [0.2, 0.25) is 0 Å². The summed E-state index contributed by atoms with van der Waals surface area (Å²) in [6, 6.07) is 5.42. The molecule has 1 aromatic carbocycles. The molecule has 1 fully saturated rings. The number of aromatic amines is 1. The van der Waals surface area contributed by atoms with Crippen molar-refractivity contribution < 1.29 is 9.59 Å². The van der Waals surface area contributed by atoms with Crippen molar-refractivity contribution in [2.24, 2.45) is 5.92 Å². The van der Waals surface area contributed by atoms with Crippen LogP contribution in [0.5, 0.6) is 0 Å². The minimum absolute atomic E-state index is 0.106. The summed E-state index contributed by atoms with van der Waals surface area (Å²) >= 11 is 1.58. The Morgan fingerprint density at radius 1 is 1.18 bits per heavy atom. The molecular weight excluding hydrogens is 452 g/mol. The molecule has 0 spiro atoms. The van der Waals surface area contributed by atoms with E-state index in [1.165, 1.54) is 15.9 Å². The van der Waals surface area contributed by atoms with Crippen LogP contribution in [0.3, 0.4) is 0 Å². The van der Waals surface area contributed by atoms with Gasteiger partial charge in [-0.05, 0) is 62.3 Å². The van der Waals surface area contributed by atoms with Crippen LogP contribution in [0, 0.1) is 5.92 Å². The van der Waals surface area contributed by atoms with E-state index >= 15 is 0 Å². The van der Waals surface area contributed by atoms with Gasteiger partial charge < -0.3 is 4.90 Å². The predicted molar refractivity (Wildman–Crippen MR) is 130 cm³/mol. The third-order valence-corrected chi connectivity index (χ3v) is 8.07. The Bertz CT molecular complexity index is 1490. The molecule has 4 aromatic rings. The Hall–Kier alpha value is -3.53. The van der Waals surface area contributed by atoms with E-state index in [-0.39, 0.29) is 17.4 Å². The van der Waals surface area contributed by atoms with E-state index < -0.39 is 5.92 Å². The quantitative estimate of drug-likeness (QED) is 0.472. The number of nitrogens with zero attached hydrogens (tertiary/aromatic N) is 4. The summed E-state index contributed by atoms with van der Waals surface area (Å²) in [5, 5.41) is 8.39. The molecule has 0 saturated carbocycles. The molecule has 1 saturated heterocycles. The molecule has 0 bridgehead atoms. The first-order valence-electron chi connectivity index (χ1n) is 11.6. The van der Waals surface area contributed by atoms with Crippen LogP contribution in [-0.4, -0.2) is 49.7 Å². The van der Waals surface area contributed by atoms with Crippen molar-refractivity contribution in [1.29, 1.82) is 0 Å². The van der Waals surface area contributed by atoms with Gasteiger partial charge in [0.2, 0.25) is 5.91 Å². The minimum atomic E-state index is -0.394. The molecule has 1 aliphatic heterocycles. The molecule has 9 nitrogen and oxygen atoms in total. The highest BCUT2D eigenvalue weighted by atomic mass is 32.1. The summed E-state index contributed by atoms with van der Waals surface area (Å²) in [6.45, 7) is 0.910. The number of carbonyl (C=O) groups excluding carboxylic acids is 2. The third-order valence-electron chi connectivity index (χ3n) is 6.87. The van der Waals surface area contributed by atoms with E-state index in [1.807, 2.05) is 12.1 Å². The highest BCUT2D eigenvalue weighted by Crippen LogP contribution is 2.33. The van der Waals surface area contributed by atoms with Crippen LogP contribution < -0.4 is 11.0 Å². The fraction of sp³-hybridized carbons (Fsp3) is 0.375. The van der Waals surface area contributed by atoms with Crippen LogP contribution in [0.4, 0.5) is 0 Å². The SMILES string of the molecule is O=C(Nn1cnc2sc3c(c2c1=O)CCCC3)C1CCCN(C(=O)c2ccc3[nH]ncc3c2)C1. The normalized spacial score (nSPS) is 18.2. The summed E-state index contributed by atoms with van der Waals surface area (Å²) in [5.74, 6) is -0.768. The molecule has 3 aromatic heterocycles. The number of hydrogen-bond donors (Lipinski definition) is 2. The number of thiophene rings is 1. The molecule has 1 aliphatic carbocycles. The number of nitrogens with one attached hydrogen (secondary N) is 2. The summed E-state index contributed by atoms with van der Waals surface area (Å²) < 4.78 is 1.21. The van der Waals surface area contributed by atoms with Crippen LogP contribution in [-0.2, 0) is 17.6 Å². The first kappa shape index (κ1) is 21.0. The lowest BCUT2D eigenvalue weighted by molar-refractivity contribution is -0.122. The molecule has 4 heterocycles. The highest BCUT2D eigenvalue weighted by molar-refractivity contribution is 7.18. The number of amides is 2. The van der Waals surface area contributed by atoms with Crippen molar-refractivity contribution in [1.82, 2.24) is 24.8 Å². The summed E-state index contributed by atoms with van der Waals surface area (Å²) in [5.41, 5.74) is 5.06. The Morgan fingerprint density at radius 2 is 2.06 bits per heavy atom. The van der Waals surface area contributed by atoms with Crippen molar-refractivity contribution in [3.8, 4) is 0 Å². The molecule has 10 heteroatoms. The second-order valence-corrected chi connectivity index (χ2v) is 10.1. The van der Waals surface area contributed by atoms with Gasteiger partial charge in [0, 0.05) is 28.9 Å². The summed E-state index contributed by atoms with van der Waals surface area (Å²) in [7, 11) is 0. The first-order chi connectivity index (χ1) is 16.6. The average Bonchev–Trinajstić information content (AvgIpc) is 3.49. The molecule has 174 valence electrons. The zero-order valence-electron chi connectivity index (χ0n) is 18.5. The second kappa shape index (κ2) is 8.35. The van der Waals surface area contributed by atoms with Gasteiger partial charge in [-0.1, -0.05) is 0 Å². The standard InChI is InChI=1S/C24H24N6O3S/c31-21(28-30-13-25-22-20(24(30)33)17-5-1-2-6-19(17)34-22)15-4-3-9-29(12-15)23(32)14-7-8-18-16(10-14)11-26-27-18/h7-8,10-11,13,15H,1-6,9,12H2,(H,26,27)(H,28,31). The van der Waals surface area contributed by atoms with Gasteiger partial charge in [-0.25, -0.2) is 9.66 Å². The van der Waals surface area contributed by atoms with Crippen molar-refractivity contribution in [3.05, 3.63) is 57.1 Å². The fourth-order valence-corrected chi connectivity index (χ4v) is 6.29.